The maximum atomic E-state index is 10.9. The van der Waals surface area contributed by atoms with Gasteiger partial charge < -0.3 is 5.32 Å². The maximum absolute atomic E-state index is 10.9. The normalized spacial score (nSPS) is 10.6. The summed E-state index contributed by atoms with van der Waals surface area (Å²) < 4.78 is 0. The maximum Gasteiger partial charge on any atom is 0.270 e. The van der Waals surface area contributed by atoms with Crippen molar-refractivity contribution in [1.82, 2.24) is 0 Å². The molecule has 20 heavy (non-hydrogen) atoms. The largest absolute Gasteiger partial charge is 0.379 e. The third-order valence-electron chi connectivity index (χ3n) is 2.60. The Hall–Kier alpha value is -2.02. The standard InChI is InChI=1S/C16H22N2O2/c1-5-6-7-8-9-13-12-14(18(19)20)10-11-15(13)17-16(2,3)4/h10-12,17H,5-7H2,1-4H3. The number of nitro groups is 1. The predicted molar refractivity (Wildman–Crippen MR) is 82.9 cm³/mol. The van der Waals surface area contributed by atoms with Crippen molar-refractivity contribution in [3.63, 3.8) is 0 Å². The molecule has 1 aromatic rings. The number of benzene rings is 1. The lowest BCUT2D eigenvalue weighted by molar-refractivity contribution is -0.384. The van der Waals surface area contributed by atoms with Gasteiger partial charge in [-0.2, -0.15) is 0 Å². The summed E-state index contributed by atoms with van der Waals surface area (Å²) in [7, 11) is 0. The van der Waals surface area contributed by atoms with E-state index in [1.165, 1.54) is 12.1 Å². The Balaban J connectivity index is 3.08. The fraction of sp³-hybridized carbons (Fsp3) is 0.500. The molecule has 0 amide bonds. The van der Waals surface area contributed by atoms with Crippen LogP contribution in [-0.2, 0) is 0 Å². The van der Waals surface area contributed by atoms with Gasteiger partial charge in [0.25, 0.3) is 5.69 Å². The molecule has 108 valence electrons. The van der Waals surface area contributed by atoms with Gasteiger partial charge in [0.1, 0.15) is 0 Å². The van der Waals surface area contributed by atoms with Gasteiger partial charge in [0.2, 0.25) is 0 Å². The highest BCUT2D eigenvalue weighted by Crippen LogP contribution is 2.24. The Kier molecular flexibility index (Phi) is 5.57. The number of hydrogen-bond acceptors (Lipinski definition) is 3. The third-order valence-corrected chi connectivity index (χ3v) is 2.60. The molecule has 0 aliphatic rings. The lowest BCUT2D eigenvalue weighted by Gasteiger charge is -2.23. The molecule has 1 rings (SSSR count). The average molecular weight is 274 g/mol. The van der Waals surface area contributed by atoms with Crippen molar-refractivity contribution in [3.8, 4) is 11.8 Å². The highest BCUT2D eigenvalue weighted by atomic mass is 16.6. The van der Waals surface area contributed by atoms with Crippen LogP contribution in [0.25, 0.3) is 0 Å². The van der Waals surface area contributed by atoms with Gasteiger partial charge in [0.15, 0.2) is 0 Å². The minimum atomic E-state index is -0.391. The van der Waals surface area contributed by atoms with Crippen molar-refractivity contribution in [1.29, 1.82) is 0 Å². The van der Waals surface area contributed by atoms with E-state index in [1.54, 1.807) is 6.07 Å². The Bertz CT molecular complexity index is 534. The first kappa shape index (κ1) is 16.0. The molecule has 4 heteroatoms. The Labute approximate surface area is 120 Å². The van der Waals surface area contributed by atoms with Crippen LogP contribution in [0.3, 0.4) is 0 Å². The minimum Gasteiger partial charge on any atom is -0.379 e. The van der Waals surface area contributed by atoms with Gasteiger partial charge in [-0.15, -0.1) is 0 Å². The molecule has 0 atom stereocenters. The molecular formula is C16H22N2O2. The molecule has 0 bridgehead atoms. The fourth-order valence-electron chi connectivity index (χ4n) is 1.69. The smallest absolute Gasteiger partial charge is 0.270 e. The molecule has 0 unspecified atom stereocenters. The van der Waals surface area contributed by atoms with E-state index in [2.05, 4.69) is 24.1 Å². The molecule has 0 aliphatic heterocycles. The van der Waals surface area contributed by atoms with E-state index >= 15 is 0 Å². The van der Waals surface area contributed by atoms with Crippen LogP contribution in [-0.4, -0.2) is 10.5 Å². The van der Waals surface area contributed by atoms with Crippen LogP contribution >= 0.6 is 0 Å². The SMILES string of the molecule is CCCCC#Cc1cc([N+](=O)[O-])ccc1NC(C)(C)C. The molecule has 1 N–H and O–H groups in total. The van der Waals surface area contributed by atoms with E-state index < -0.39 is 4.92 Å². The fourth-order valence-corrected chi connectivity index (χ4v) is 1.69. The molecule has 0 aromatic heterocycles. The lowest BCUT2D eigenvalue weighted by Crippen LogP contribution is -2.26. The van der Waals surface area contributed by atoms with Crippen LogP contribution in [0.1, 0.15) is 52.5 Å². The molecular weight excluding hydrogens is 252 g/mol. The van der Waals surface area contributed by atoms with Crippen LogP contribution in [0.4, 0.5) is 11.4 Å². The number of nitrogens with one attached hydrogen (secondary N) is 1. The predicted octanol–water partition coefficient (Wildman–Crippen LogP) is 4.35. The third kappa shape index (κ3) is 5.31. The van der Waals surface area contributed by atoms with E-state index in [4.69, 9.17) is 0 Å². The highest BCUT2D eigenvalue weighted by Gasteiger charge is 2.14. The second-order valence-electron chi connectivity index (χ2n) is 5.77. The molecule has 0 saturated carbocycles. The second kappa shape index (κ2) is 6.95. The summed E-state index contributed by atoms with van der Waals surface area (Å²) in [5.41, 5.74) is 1.48. The first-order chi connectivity index (χ1) is 9.33. The highest BCUT2D eigenvalue weighted by molar-refractivity contribution is 5.63. The summed E-state index contributed by atoms with van der Waals surface area (Å²) in [6.45, 7) is 8.25. The van der Waals surface area contributed by atoms with Crippen molar-refractivity contribution in [2.75, 3.05) is 5.32 Å². The average Bonchev–Trinajstić information content (AvgIpc) is 2.34. The summed E-state index contributed by atoms with van der Waals surface area (Å²) in [4.78, 5) is 10.5. The number of anilines is 1. The zero-order chi connectivity index (χ0) is 15.2. The second-order valence-corrected chi connectivity index (χ2v) is 5.77. The van der Waals surface area contributed by atoms with Crippen molar-refractivity contribution < 1.29 is 4.92 Å². The lowest BCUT2D eigenvalue weighted by atomic mass is 10.1. The molecule has 0 heterocycles. The number of nitro benzene ring substituents is 1. The number of non-ortho nitro benzene ring substituents is 1. The van der Waals surface area contributed by atoms with Crippen LogP contribution in [0.15, 0.2) is 18.2 Å². The zero-order valence-electron chi connectivity index (χ0n) is 12.6. The summed E-state index contributed by atoms with van der Waals surface area (Å²) in [6, 6.07) is 4.77. The van der Waals surface area contributed by atoms with Gasteiger partial charge >= 0.3 is 0 Å². The molecule has 0 radical (unpaired) electrons. The van der Waals surface area contributed by atoms with Gasteiger partial charge in [0, 0.05) is 24.1 Å². The van der Waals surface area contributed by atoms with E-state index in [-0.39, 0.29) is 11.2 Å². The Morgan fingerprint density at radius 3 is 2.60 bits per heavy atom. The van der Waals surface area contributed by atoms with Crippen molar-refractivity contribution in [2.24, 2.45) is 0 Å². The topological polar surface area (TPSA) is 55.2 Å². The quantitative estimate of drug-likeness (QED) is 0.384. The molecule has 0 aliphatic carbocycles. The van der Waals surface area contributed by atoms with Gasteiger partial charge in [-0.25, -0.2) is 0 Å². The molecule has 4 nitrogen and oxygen atoms in total. The van der Waals surface area contributed by atoms with Gasteiger partial charge in [-0.05, 0) is 33.3 Å². The summed E-state index contributed by atoms with van der Waals surface area (Å²) in [5, 5.41) is 14.2. The Morgan fingerprint density at radius 1 is 1.35 bits per heavy atom. The van der Waals surface area contributed by atoms with Crippen LogP contribution in [0.5, 0.6) is 0 Å². The molecule has 0 fully saturated rings. The van der Waals surface area contributed by atoms with Gasteiger partial charge in [-0.1, -0.05) is 25.2 Å². The first-order valence-electron chi connectivity index (χ1n) is 6.89. The number of nitrogens with zero attached hydrogens (tertiary/aromatic N) is 1. The monoisotopic (exact) mass is 274 g/mol. The number of unbranched alkanes of at least 4 members (excludes halogenated alkanes) is 2. The van der Waals surface area contributed by atoms with Crippen molar-refractivity contribution in [2.45, 2.75) is 52.5 Å². The summed E-state index contributed by atoms with van der Waals surface area (Å²) in [5.74, 6) is 6.13. The summed E-state index contributed by atoms with van der Waals surface area (Å²) in [6.07, 6.45) is 2.95. The van der Waals surface area contributed by atoms with Crippen LogP contribution in [0, 0.1) is 22.0 Å². The van der Waals surface area contributed by atoms with Gasteiger partial charge in [0.05, 0.1) is 16.2 Å². The van der Waals surface area contributed by atoms with Gasteiger partial charge in [-0.3, -0.25) is 10.1 Å². The molecule has 0 saturated heterocycles. The van der Waals surface area contributed by atoms with E-state index in [0.717, 1.165) is 24.9 Å². The van der Waals surface area contributed by atoms with Crippen LogP contribution in [0.2, 0.25) is 0 Å². The van der Waals surface area contributed by atoms with Crippen LogP contribution < -0.4 is 5.32 Å². The number of hydrogen-bond donors (Lipinski definition) is 1. The van der Waals surface area contributed by atoms with Crippen molar-refractivity contribution in [3.05, 3.63) is 33.9 Å². The Morgan fingerprint density at radius 2 is 2.05 bits per heavy atom. The summed E-state index contributed by atoms with van der Waals surface area (Å²) >= 11 is 0. The van der Waals surface area contributed by atoms with E-state index in [1.807, 2.05) is 20.8 Å². The molecule has 1 aromatic carbocycles. The van der Waals surface area contributed by atoms with E-state index in [9.17, 15) is 10.1 Å². The minimum absolute atomic E-state index is 0.0734. The first-order valence-corrected chi connectivity index (χ1v) is 6.89. The van der Waals surface area contributed by atoms with Crippen molar-refractivity contribution >= 4 is 11.4 Å². The van der Waals surface area contributed by atoms with E-state index in [0.29, 0.717) is 5.56 Å². The molecule has 0 spiro atoms. The number of rotatable bonds is 4. The zero-order valence-corrected chi connectivity index (χ0v) is 12.6.